The first-order valence-corrected chi connectivity index (χ1v) is 7.79. The van der Waals surface area contributed by atoms with Crippen molar-refractivity contribution in [2.75, 3.05) is 31.1 Å². The molecule has 1 aliphatic rings. The summed E-state index contributed by atoms with van der Waals surface area (Å²) < 4.78 is 1.72. The van der Waals surface area contributed by atoms with E-state index in [1.54, 1.807) is 23.1 Å². The molecule has 3 aromatic heterocycles. The summed E-state index contributed by atoms with van der Waals surface area (Å²) in [6, 6.07) is 3.70. The van der Waals surface area contributed by atoms with E-state index in [-0.39, 0.29) is 0 Å². The van der Waals surface area contributed by atoms with E-state index in [2.05, 4.69) is 34.8 Å². The molecule has 0 spiro atoms. The van der Waals surface area contributed by atoms with E-state index in [9.17, 15) is 0 Å². The van der Waals surface area contributed by atoms with Crippen molar-refractivity contribution in [2.24, 2.45) is 0 Å². The van der Waals surface area contributed by atoms with Crippen LogP contribution in [-0.4, -0.2) is 60.6 Å². The molecule has 4 heterocycles. The van der Waals surface area contributed by atoms with Crippen molar-refractivity contribution in [3.63, 3.8) is 0 Å². The predicted octanol–water partition coefficient (Wildman–Crippen LogP) is 0.627. The van der Waals surface area contributed by atoms with E-state index < -0.39 is 0 Å². The SMILES string of the molecule is c1cnc(N2CCCN(Cc3nc4ncccn4n3)CC2)nc1. The molecule has 0 saturated carbocycles. The maximum Gasteiger partial charge on any atom is 0.252 e. The minimum Gasteiger partial charge on any atom is -0.339 e. The Kier molecular flexibility index (Phi) is 3.81. The molecule has 0 radical (unpaired) electrons. The number of anilines is 1. The second-order valence-corrected chi connectivity index (χ2v) is 5.56. The van der Waals surface area contributed by atoms with Crippen LogP contribution in [0.15, 0.2) is 36.9 Å². The van der Waals surface area contributed by atoms with Gasteiger partial charge in [-0.05, 0) is 18.6 Å². The van der Waals surface area contributed by atoms with Crippen molar-refractivity contribution in [1.29, 1.82) is 0 Å². The van der Waals surface area contributed by atoms with Gasteiger partial charge in [0.05, 0.1) is 6.54 Å². The zero-order valence-corrected chi connectivity index (χ0v) is 12.8. The van der Waals surface area contributed by atoms with Gasteiger partial charge in [0.25, 0.3) is 5.78 Å². The summed E-state index contributed by atoms with van der Waals surface area (Å²) in [7, 11) is 0. The molecule has 3 aromatic rings. The van der Waals surface area contributed by atoms with Gasteiger partial charge in [-0.15, -0.1) is 5.10 Å². The van der Waals surface area contributed by atoms with Gasteiger partial charge in [0.1, 0.15) is 0 Å². The Morgan fingerprint density at radius 3 is 2.65 bits per heavy atom. The summed E-state index contributed by atoms with van der Waals surface area (Å²) in [6.45, 7) is 4.59. The molecular formula is C15H18N8. The lowest BCUT2D eigenvalue weighted by molar-refractivity contribution is 0.278. The van der Waals surface area contributed by atoms with E-state index in [1.807, 2.05) is 18.3 Å². The van der Waals surface area contributed by atoms with Crippen LogP contribution in [0.3, 0.4) is 0 Å². The molecule has 0 bridgehead atoms. The molecule has 1 saturated heterocycles. The summed E-state index contributed by atoms with van der Waals surface area (Å²) in [5.41, 5.74) is 0. The standard InChI is InChI=1S/C15H18N8/c1-4-16-14(17-5-1)22-8-3-7-21(10-11-22)12-13-19-15-18-6-2-9-23(15)20-13/h1-2,4-6,9H,3,7-8,10-12H2. The Bertz CT molecular complexity index is 738. The second kappa shape index (κ2) is 6.25. The third kappa shape index (κ3) is 3.11. The Morgan fingerprint density at radius 2 is 1.78 bits per heavy atom. The van der Waals surface area contributed by atoms with Crippen LogP contribution in [0.4, 0.5) is 5.95 Å². The fourth-order valence-corrected chi connectivity index (χ4v) is 2.83. The molecule has 0 aromatic carbocycles. The Labute approximate surface area is 133 Å². The van der Waals surface area contributed by atoms with Crippen molar-refractivity contribution in [3.05, 3.63) is 42.7 Å². The number of fused-ring (bicyclic) bond motifs is 1. The minimum atomic E-state index is 0.650. The summed E-state index contributed by atoms with van der Waals surface area (Å²) in [6.07, 6.45) is 8.26. The lowest BCUT2D eigenvalue weighted by Gasteiger charge is -2.20. The second-order valence-electron chi connectivity index (χ2n) is 5.56. The van der Waals surface area contributed by atoms with Gasteiger partial charge in [-0.1, -0.05) is 0 Å². The van der Waals surface area contributed by atoms with Gasteiger partial charge < -0.3 is 4.90 Å². The fourth-order valence-electron chi connectivity index (χ4n) is 2.83. The highest BCUT2D eigenvalue weighted by atomic mass is 15.3. The largest absolute Gasteiger partial charge is 0.339 e. The van der Waals surface area contributed by atoms with Crippen LogP contribution < -0.4 is 4.90 Å². The van der Waals surface area contributed by atoms with E-state index in [1.165, 1.54) is 0 Å². The Hall–Kier alpha value is -2.61. The summed E-state index contributed by atoms with van der Waals surface area (Å²) in [5, 5.41) is 4.48. The molecule has 0 atom stereocenters. The van der Waals surface area contributed by atoms with Crippen molar-refractivity contribution in [3.8, 4) is 0 Å². The van der Waals surface area contributed by atoms with Gasteiger partial charge in [-0.2, -0.15) is 4.98 Å². The topological polar surface area (TPSA) is 75.3 Å². The van der Waals surface area contributed by atoms with Gasteiger partial charge in [0, 0.05) is 51.0 Å². The first-order valence-electron chi connectivity index (χ1n) is 7.79. The van der Waals surface area contributed by atoms with Crippen molar-refractivity contribution in [1.82, 2.24) is 34.4 Å². The van der Waals surface area contributed by atoms with Crippen LogP contribution in [-0.2, 0) is 6.54 Å². The highest BCUT2D eigenvalue weighted by Gasteiger charge is 2.18. The Balaban J connectivity index is 1.42. The molecule has 4 rings (SSSR count). The number of hydrogen-bond donors (Lipinski definition) is 0. The zero-order valence-electron chi connectivity index (χ0n) is 12.8. The average Bonchev–Trinajstić information content (AvgIpc) is 2.86. The van der Waals surface area contributed by atoms with Gasteiger partial charge >= 0.3 is 0 Å². The van der Waals surface area contributed by atoms with E-state index >= 15 is 0 Å². The molecule has 23 heavy (non-hydrogen) atoms. The van der Waals surface area contributed by atoms with Crippen LogP contribution in [0.2, 0.25) is 0 Å². The molecule has 1 fully saturated rings. The Morgan fingerprint density at radius 1 is 0.913 bits per heavy atom. The summed E-state index contributed by atoms with van der Waals surface area (Å²) in [4.78, 5) is 22.0. The molecule has 0 aliphatic carbocycles. The average molecular weight is 310 g/mol. The third-order valence-electron chi connectivity index (χ3n) is 3.95. The maximum absolute atomic E-state index is 4.48. The fraction of sp³-hybridized carbons (Fsp3) is 0.400. The number of rotatable bonds is 3. The lowest BCUT2D eigenvalue weighted by atomic mass is 10.4. The van der Waals surface area contributed by atoms with Crippen LogP contribution >= 0.6 is 0 Å². The normalized spacial score (nSPS) is 16.6. The molecule has 0 unspecified atom stereocenters. The van der Waals surface area contributed by atoms with Crippen LogP contribution in [0.5, 0.6) is 0 Å². The first-order chi connectivity index (χ1) is 11.4. The highest BCUT2D eigenvalue weighted by molar-refractivity contribution is 5.28. The summed E-state index contributed by atoms with van der Waals surface area (Å²) in [5.74, 6) is 2.27. The van der Waals surface area contributed by atoms with E-state index in [0.717, 1.165) is 50.9 Å². The van der Waals surface area contributed by atoms with Crippen LogP contribution in [0.25, 0.3) is 5.78 Å². The van der Waals surface area contributed by atoms with Gasteiger partial charge in [-0.25, -0.2) is 19.5 Å². The van der Waals surface area contributed by atoms with Crippen molar-refractivity contribution < 1.29 is 0 Å². The highest BCUT2D eigenvalue weighted by Crippen LogP contribution is 2.11. The first kappa shape index (κ1) is 14.0. The molecule has 118 valence electrons. The molecule has 1 aliphatic heterocycles. The number of aromatic nitrogens is 6. The smallest absolute Gasteiger partial charge is 0.252 e. The van der Waals surface area contributed by atoms with Crippen LogP contribution in [0, 0.1) is 0 Å². The molecule has 0 amide bonds. The van der Waals surface area contributed by atoms with Crippen molar-refractivity contribution >= 4 is 11.7 Å². The lowest BCUT2D eigenvalue weighted by Crippen LogP contribution is -2.31. The predicted molar refractivity (Wildman–Crippen MR) is 84.9 cm³/mol. The molecule has 8 nitrogen and oxygen atoms in total. The molecule has 8 heteroatoms. The number of nitrogens with zero attached hydrogens (tertiary/aromatic N) is 8. The van der Waals surface area contributed by atoms with Gasteiger partial charge in [0.2, 0.25) is 5.95 Å². The van der Waals surface area contributed by atoms with E-state index in [0.29, 0.717) is 5.78 Å². The van der Waals surface area contributed by atoms with E-state index in [4.69, 9.17) is 0 Å². The quantitative estimate of drug-likeness (QED) is 0.702. The number of hydrogen-bond acceptors (Lipinski definition) is 7. The summed E-state index contributed by atoms with van der Waals surface area (Å²) >= 11 is 0. The third-order valence-corrected chi connectivity index (χ3v) is 3.95. The van der Waals surface area contributed by atoms with Crippen LogP contribution in [0.1, 0.15) is 12.2 Å². The van der Waals surface area contributed by atoms with Gasteiger partial charge in [-0.3, -0.25) is 4.90 Å². The maximum atomic E-state index is 4.48. The molecular weight excluding hydrogens is 292 g/mol. The molecule has 0 N–H and O–H groups in total. The van der Waals surface area contributed by atoms with Gasteiger partial charge in [0.15, 0.2) is 5.82 Å². The minimum absolute atomic E-state index is 0.650. The van der Waals surface area contributed by atoms with Crippen molar-refractivity contribution in [2.45, 2.75) is 13.0 Å². The monoisotopic (exact) mass is 310 g/mol. The zero-order chi connectivity index (χ0) is 15.5.